The van der Waals surface area contributed by atoms with Crippen molar-refractivity contribution in [2.75, 3.05) is 60.0 Å². The molecule has 1 aliphatic heterocycles. The summed E-state index contributed by atoms with van der Waals surface area (Å²) in [6.45, 7) is 3.26. The van der Waals surface area contributed by atoms with Crippen LogP contribution in [0.15, 0.2) is 59.5 Å². The van der Waals surface area contributed by atoms with Crippen molar-refractivity contribution in [1.82, 2.24) is 19.4 Å². The number of hydrogen-bond acceptors (Lipinski definition) is 6. The van der Waals surface area contributed by atoms with Gasteiger partial charge in [-0.15, -0.1) is 0 Å². The Labute approximate surface area is 232 Å². The maximum absolute atomic E-state index is 13.4. The van der Waals surface area contributed by atoms with Crippen molar-refractivity contribution in [3.8, 4) is 0 Å². The van der Waals surface area contributed by atoms with Gasteiger partial charge in [0.15, 0.2) is 0 Å². The molecule has 2 aliphatic rings. The standard InChI is InChI=1S/C29H41FN4O4S/c1-32(2)29(23-8-12-25(30)13-9-23)24-10-14-26(15-11-24)31-28(35)22-38-21-20-33-16-18-34(19-17-33)39(36,37)27-6-4-3-5-7-27/h3-9,12-13,24,26,29H,10-11,14-22H2,1-2H3,(H,31,35). The molecule has 1 heterocycles. The van der Waals surface area contributed by atoms with Crippen molar-refractivity contribution in [2.24, 2.45) is 5.92 Å². The summed E-state index contributed by atoms with van der Waals surface area (Å²) in [5.74, 6) is 0.139. The molecule has 1 N–H and O–H groups in total. The number of benzene rings is 2. The summed E-state index contributed by atoms with van der Waals surface area (Å²) in [4.78, 5) is 17.2. The molecule has 0 spiro atoms. The summed E-state index contributed by atoms with van der Waals surface area (Å²) in [5.41, 5.74) is 1.13. The van der Waals surface area contributed by atoms with Gasteiger partial charge in [0.05, 0.1) is 11.5 Å². The van der Waals surface area contributed by atoms with Crippen molar-refractivity contribution in [3.05, 3.63) is 66.0 Å². The number of hydrogen-bond donors (Lipinski definition) is 1. The maximum Gasteiger partial charge on any atom is 0.246 e. The summed E-state index contributed by atoms with van der Waals surface area (Å²) >= 11 is 0. The molecule has 2 fully saturated rings. The topological polar surface area (TPSA) is 82.2 Å². The van der Waals surface area contributed by atoms with E-state index in [-0.39, 0.29) is 30.4 Å². The number of ether oxygens (including phenoxy) is 1. The lowest BCUT2D eigenvalue weighted by Gasteiger charge is -2.37. The zero-order chi connectivity index (χ0) is 27.8. The highest BCUT2D eigenvalue weighted by Crippen LogP contribution is 2.37. The van der Waals surface area contributed by atoms with Gasteiger partial charge in [0.1, 0.15) is 12.4 Å². The van der Waals surface area contributed by atoms with E-state index in [1.54, 1.807) is 30.3 Å². The average molecular weight is 561 g/mol. The fourth-order valence-corrected chi connectivity index (χ4v) is 7.24. The van der Waals surface area contributed by atoms with Gasteiger partial charge in [-0.05, 0) is 75.5 Å². The number of sulfonamides is 1. The van der Waals surface area contributed by atoms with E-state index in [0.29, 0.717) is 50.1 Å². The summed E-state index contributed by atoms with van der Waals surface area (Å²) in [6, 6.07) is 15.7. The first-order chi connectivity index (χ1) is 18.7. The first-order valence-corrected chi connectivity index (χ1v) is 15.2. The zero-order valence-corrected chi connectivity index (χ0v) is 23.8. The Kier molecular flexibility index (Phi) is 10.5. The molecule has 1 saturated heterocycles. The fraction of sp³-hybridized carbons (Fsp3) is 0.552. The predicted molar refractivity (Wildman–Crippen MR) is 149 cm³/mol. The molecule has 1 atom stereocenters. The minimum atomic E-state index is -3.46. The van der Waals surface area contributed by atoms with Gasteiger partial charge in [0.2, 0.25) is 15.9 Å². The van der Waals surface area contributed by atoms with Crippen LogP contribution in [0.25, 0.3) is 0 Å². The molecule has 0 aromatic heterocycles. The Bertz CT molecular complexity index is 1150. The number of halogens is 1. The monoisotopic (exact) mass is 560 g/mol. The van der Waals surface area contributed by atoms with E-state index >= 15 is 0 Å². The van der Waals surface area contributed by atoms with Gasteiger partial charge in [-0.1, -0.05) is 30.3 Å². The fourth-order valence-electron chi connectivity index (χ4n) is 5.79. The van der Waals surface area contributed by atoms with E-state index in [9.17, 15) is 17.6 Å². The van der Waals surface area contributed by atoms with Gasteiger partial charge >= 0.3 is 0 Å². The normalized spacial score (nSPS) is 22.1. The molecule has 0 bridgehead atoms. The van der Waals surface area contributed by atoms with Gasteiger partial charge in [-0.2, -0.15) is 4.31 Å². The minimum Gasteiger partial charge on any atom is -0.370 e. The van der Waals surface area contributed by atoms with Crippen LogP contribution in [0.3, 0.4) is 0 Å². The highest BCUT2D eigenvalue weighted by molar-refractivity contribution is 7.89. The first-order valence-electron chi connectivity index (χ1n) is 13.8. The third-order valence-corrected chi connectivity index (χ3v) is 9.76. The molecular weight excluding hydrogens is 519 g/mol. The lowest BCUT2D eigenvalue weighted by molar-refractivity contribution is -0.126. The van der Waals surface area contributed by atoms with Crippen LogP contribution in [0.5, 0.6) is 0 Å². The van der Waals surface area contributed by atoms with Crippen molar-refractivity contribution in [3.63, 3.8) is 0 Å². The number of nitrogens with one attached hydrogen (secondary N) is 1. The number of piperazine rings is 1. The lowest BCUT2D eigenvalue weighted by atomic mass is 9.78. The number of amides is 1. The second-order valence-electron chi connectivity index (χ2n) is 10.8. The quantitative estimate of drug-likeness (QED) is 0.426. The van der Waals surface area contributed by atoms with Crippen molar-refractivity contribution < 1.29 is 22.3 Å². The molecule has 0 radical (unpaired) electrons. The molecule has 1 saturated carbocycles. The zero-order valence-electron chi connectivity index (χ0n) is 23.0. The van der Waals surface area contributed by atoms with E-state index in [1.807, 2.05) is 12.1 Å². The number of rotatable bonds is 11. The van der Waals surface area contributed by atoms with Crippen LogP contribution in [-0.2, 0) is 19.6 Å². The summed E-state index contributed by atoms with van der Waals surface area (Å²) in [6.07, 6.45) is 3.83. The molecule has 2 aromatic carbocycles. The van der Waals surface area contributed by atoms with E-state index < -0.39 is 10.0 Å². The molecule has 10 heteroatoms. The molecule has 8 nitrogen and oxygen atoms in total. The van der Waals surface area contributed by atoms with Crippen LogP contribution in [0.2, 0.25) is 0 Å². The summed E-state index contributed by atoms with van der Waals surface area (Å²) < 4.78 is 46.1. The van der Waals surface area contributed by atoms with E-state index in [4.69, 9.17) is 4.74 Å². The van der Waals surface area contributed by atoms with Crippen LogP contribution in [0.1, 0.15) is 37.3 Å². The van der Waals surface area contributed by atoms with E-state index in [1.165, 1.54) is 16.4 Å². The molecule has 2 aromatic rings. The highest BCUT2D eigenvalue weighted by Gasteiger charge is 2.31. The Morgan fingerprint density at radius 3 is 2.26 bits per heavy atom. The van der Waals surface area contributed by atoms with Gasteiger partial charge in [-0.3, -0.25) is 9.69 Å². The Hall–Kier alpha value is -2.37. The Balaban J connectivity index is 1.12. The summed E-state index contributed by atoms with van der Waals surface area (Å²) in [7, 11) is 0.664. The number of nitrogens with zero attached hydrogens (tertiary/aromatic N) is 3. The van der Waals surface area contributed by atoms with Gasteiger partial charge in [0.25, 0.3) is 0 Å². The van der Waals surface area contributed by atoms with Crippen LogP contribution >= 0.6 is 0 Å². The second kappa shape index (κ2) is 13.8. The molecule has 1 amide bonds. The first kappa shape index (κ1) is 29.6. The number of carbonyl (C=O) groups excluding carboxylic acids is 1. The molecule has 1 aliphatic carbocycles. The highest BCUT2D eigenvalue weighted by atomic mass is 32.2. The molecular formula is C29H41FN4O4S. The molecule has 1 unspecified atom stereocenters. The Morgan fingerprint density at radius 1 is 1.00 bits per heavy atom. The SMILES string of the molecule is CN(C)C(c1ccc(F)cc1)C1CCC(NC(=O)COCCN2CCN(S(=O)(=O)c3ccccc3)CC2)CC1. The third-order valence-electron chi connectivity index (χ3n) is 7.85. The van der Waals surface area contributed by atoms with Crippen LogP contribution in [0, 0.1) is 11.7 Å². The largest absolute Gasteiger partial charge is 0.370 e. The van der Waals surface area contributed by atoms with Crippen LogP contribution < -0.4 is 5.32 Å². The second-order valence-corrected chi connectivity index (χ2v) is 12.7. The van der Waals surface area contributed by atoms with Crippen LogP contribution in [-0.4, -0.2) is 94.5 Å². The van der Waals surface area contributed by atoms with Crippen molar-refractivity contribution in [2.45, 2.75) is 42.7 Å². The lowest BCUT2D eigenvalue weighted by Crippen LogP contribution is -2.49. The molecule has 39 heavy (non-hydrogen) atoms. The molecule has 214 valence electrons. The van der Waals surface area contributed by atoms with Crippen LogP contribution in [0.4, 0.5) is 4.39 Å². The Morgan fingerprint density at radius 2 is 1.64 bits per heavy atom. The van der Waals surface area contributed by atoms with Gasteiger partial charge in [-0.25, -0.2) is 12.8 Å². The smallest absolute Gasteiger partial charge is 0.246 e. The van der Waals surface area contributed by atoms with Crippen molar-refractivity contribution in [1.29, 1.82) is 0 Å². The third kappa shape index (κ3) is 8.08. The summed E-state index contributed by atoms with van der Waals surface area (Å²) in [5, 5.41) is 3.12. The van der Waals surface area contributed by atoms with Gasteiger partial charge in [0, 0.05) is 44.8 Å². The van der Waals surface area contributed by atoms with E-state index in [0.717, 1.165) is 31.2 Å². The average Bonchev–Trinajstić information content (AvgIpc) is 2.94. The predicted octanol–water partition coefficient (Wildman–Crippen LogP) is 3.13. The van der Waals surface area contributed by atoms with E-state index in [2.05, 4.69) is 29.2 Å². The van der Waals surface area contributed by atoms with Gasteiger partial charge < -0.3 is 15.0 Å². The molecule has 4 rings (SSSR count). The maximum atomic E-state index is 13.4. The van der Waals surface area contributed by atoms with Crippen molar-refractivity contribution >= 4 is 15.9 Å². The minimum absolute atomic E-state index is 0.0260. The number of carbonyl (C=O) groups is 1.